The Morgan fingerprint density at radius 3 is 2.38 bits per heavy atom. The van der Waals surface area contributed by atoms with Crippen molar-refractivity contribution in [3.8, 4) is 17.2 Å². The molecule has 1 aromatic heterocycles. The zero-order chi connectivity index (χ0) is 26.3. The molecule has 7 nitrogen and oxygen atoms in total. The van der Waals surface area contributed by atoms with Crippen LogP contribution in [0.25, 0.3) is 16.8 Å². The molecule has 188 valence electrons. The molecule has 4 aromatic rings. The van der Waals surface area contributed by atoms with E-state index in [-0.39, 0.29) is 11.3 Å². The van der Waals surface area contributed by atoms with Crippen LogP contribution in [-0.2, 0) is 4.79 Å². The highest BCUT2D eigenvalue weighted by molar-refractivity contribution is 7.07. The number of allylic oxidation sites excluding steroid dienone is 2. The smallest absolute Gasteiger partial charge is 0.271 e. The van der Waals surface area contributed by atoms with E-state index in [4.69, 9.17) is 14.2 Å². The molecule has 37 heavy (non-hydrogen) atoms. The highest BCUT2D eigenvalue weighted by Crippen LogP contribution is 2.40. The first kappa shape index (κ1) is 24.5. The van der Waals surface area contributed by atoms with E-state index in [1.807, 2.05) is 55.5 Å². The Morgan fingerprint density at radius 2 is 1.68 bits per heavy atom. The van der Waals surface area contributed by atoms with Gasteiger partial charge in [0.05, 0.1) is 31.9 Å². The number of methoxy groups -OCH3 is 3. The first-order valence-electron chi connectivity index (χ1n) is 11.7. The van der Waals surface area contributed by atoms with E-state index >= 15 is 0 Å². The lowest BCUT2D eigenvalue weighted by Gasteiger charge is -2.27. The van der Waals surface area contributed by atoms with Gasteiger partial charge in [0.25, 0.3) is 5.56 Å². The van der Waals surface area contributed by atoms with Crippen LogP contribution in [-0.4, -0.2) is 31.7 Å². The van der Waals surface area contributed by atoms with Crippen molar-refractivity contribution in [2.24, 2.45) is 4.99 Å². The molecule has 0 saturated carbocycles. The zero-order valence-corrected chi connectivity index (χ0v) is 22.0. The van der Waals surface area contributed by atoms with Gasteiger partial charge in [-0.05, 0) is 54.5 Å². The fourth-order valence-corrected chi connectivity index (χ4v) is 5.92. The topological polar surface area (TPSA) is 79.1 Å². The number of thiazole rings is 1. The highest BCUT2D eigenvalue weighted by Gasteiger charge is 2.33. The van der Waals surface area contributed by atoms with Crippen LogP contribution in [0.2, 0.25) is 0 Å². The Hall–Kier alpha value is -4.17. The minimum absolute atomic E-state index is 0.143. The van der Waals surface area contributed by atoms with E-state index in [9.17, 15) is 9.59 Å². The van der Waals surface area contributed by atoms with Gasteiger partial charge in [-0.3, -0.25) is 14.2 Å². The molecule has 0 spiro atoms. The molecule has 0 fully saturated rings. The van der Waals surface area contributed by atoms with Crippen molar-refractivity contribution in [1.29, 1.82) is 0 Å². The molecule has 1 aliphatic heterocycles. The molecule has 0 amide bonds. The summed E-state index contributed by atoms with van der Waals surface area (Å²) in [5.74, 6) is 1.63. The van der Waals surface area contributed by atoms with Crippen LogP contribution >= 0.6 is 11.3 Å². The summed E-state index contributed by atoms with van der Waals surface area (Å²) >= 11 is 1.28. The van der Waals surface area contributed by atoms with Crippen molar-refractivity contribution >= 4 is 34.0 Å². The quantitative estimate of drug-likeness (QED) is 0.389. The molecule has 2 heterocycles. The number of nitrogens with zero attached hydrogens (tertiary/aromatic N) is 2. The fourth-order valence-electron chi connectivity index (χ4n) is 4.87. The monoisotopic (exact) mass is 514 g/mol. The molecule has 1 aliphatic rings. The van der Waals surface area contributed by atoms with Gasteiger partial charge in [0.15, 0.2) is 22.1 Å². The fraction of sp³-hybridized carbons (Fsp3) is 0.207. The number of carbonyl (C=O) groups excluding carboxylic acids is 1. The third-order valence-corrected chi connectivity index (χ3v) is 7.51. The number of hydrogen-bond donors (Lipinski definition) is 0. The summed E-state index contributed by atoms with van der Waals surface area (Å²) in [7, 11) is 4.74. The van der Waals surface area contributed by atoms with E-state index in [1.165, 1.54) is 18.3 Å². The lowest BCUT2D eigenvalue weighted by Crippen LogP contribution is -2.39. The number of ketones is 1. The van der Waals surface area contributed by atoms with Crippen LogP contribution in [0.1, 0.15) is 31.0 Å². The van der Waals surface area contributed by atoms with Crippen molar-refractivity contribution < 1.29 is 19.0 Å². The van der Waals surface area contributed by atoms with Crippen LogP contribution in [0.3, 0.4) is 0 Å². The van der Waals surface area contributed by atoms with Crippen LogP contribution in [0, 0.1) is 0 Å². The van der Waals surface area contributed by atoms with Crippen LogP contribution in [0.4, 0.5) is 0 Å². The maximum atomic E-state index is 13.9. The van der Waals surface area contributed by atoms with E-state index in [1.54, 1.807) is 38.0 Å². The van der Waals surface area contributed by atoms with E-state index in [0.29, 0.717) is 37.9 Å². The van der Waals surface area contributed by atoms with Gasteiger partial charge < -0.3 is 14.2 Å². The summed E-state index contributed by atoms with van der Waals surface area (Å²) in [6.45, 7) is 3.32. The summed E-state index contributed by atoms with van der Waals surface area (Å²) in [6, 6.07) is 16.5. The first-order valence-corrected chi connectivity index (χ1v) is 12.5. The van der Waals surface area contributed by atoms with Gasteiger partial charge in [-0.15, -0.1) is 0 Å². The van der Waals surface area contributed by atoms with Crippen LogP contribution in [0.5, 0.6) is 17.2 Å². The maximum absolute atomic E-state index is 13.9. The van der Waals surface area contributed by atoms with Gasteiger partial charge in [0.2, 0.25) is 0 Å². The molecule has 0 unspecified atom stereocenters. The SMILES string of the molecule is COc1ccc(/C=c2/sc3n(c2=O)[C@@H](c2c(OC)ccc4ccccc24)C(C(C)=O)=C(C)N=3)cc1OC. The van der Waals surface area contributed by atoms with Crippen LogP contribution in [0.15, 0.2) is 75.7 Å². The van der Waals surface area contributed by atoms with Gasteiger partial charge >= 0.3 is 0 Å². The molecule has 3 aromatic carbocycles. The lowest BCUT2D eigenvalue weighted by molar-refractivity contribution is -0.114. The van der Waals surface area contributed by atoms with Crippen LogP contribution < -0.4 is 29.1 Å². The maximum Gasteiger partial charge on any atom is 0.271 e. The summed E-state index contributed by atoms with van der Waals surface area (Å²) in [6.07, 6.45) is 1.80. The van der Waals surface area contributed by atoms with Crippen molar-refractivity contribution in [3.63, 3.8) is 0 Å². The number of fused-ring (bicyclic) bond motifs is 2. The van der Waals surface area contributed by atoms with Crippen molar-refractivity contribution in [2.75, 3.05) is 21.3 Å². The summed E-state index contributed by atoms with van der Waals surface area (Å²) in [5, 5.41) is 1.90. The van der Waals surface area contributed by atoms with Crippen molar-refractivity contribution in [2.45, 2.75) is 19.9 Å². The van der Waals surface area contributed by atoms with Gasteiger partial charge in [-0.1, -0.05) is 47.7 Å². The Bertz CT molecular complexity index is 1760. The van der Waals surface area contributed by atoms with Gasteiger partial charge in [0, 0.05) is 16.8 Å². The number of hydrogen-bond acceptors (Lipinski definition) is 7. The Morgan fingerprint density at radius 1 is 0.973 bits per heavy atom. The molecule has 0 N–H and O–H groups in total. The average molecular weight is 515 g/mol. The molecule has 0 saturated heterocycles. The molecular weight excluding hydrogens is 488 g/mol. The number of carbonyl (C=O) groups is 1. The second-order valence-corrected chi connectivity index (χ2v) is 9.66. The third-order valence-electron chi connectivity index (χ3n) is 6.53. The van der Waals surface area contributed by atoms with E-state index < -0.39 is 6.04 Å². The molecule has 0 radical (unpaired) electrons. The van der Waals surface area contributed by atoms with Crippen molar-refractivity contribution in [3.05, 3.63) is 96.7 Å². The Balaban J connectivity index is 1.81. The third kappa shape index (κ3) is 4.13. The number of Topliss-reactive ketones (excluding diaryl/α,β-unsaturated/α-hetero) is 1. The minimum Gasteiger partial charge on any atom is -0.496 e. The first-order chi connectivity index (χ1) is 17.9. The number of rotatable bonds is 6. The van der Waals surface area contributed by atoms with Gasteiger partial charge in [-0.25, -0.2) is 4.99 Å². The normalized spacial score (nSPS) is 15.4. The second kappa shape index (κ2) is 9.71. The largest absolute Gasteiger partial charge is 0.496 e. The summed E-state index contributed by atoms with van der Waals surface area (Å²) < 4.78 is 18.6. The summed E-state index contributed by atoms with van der Waals surface area (Å²) in [5.41, 5.74) is 2.37. The standard InChI is InChI=1S/C29H26N2O5S/c1-16-25(17(2)32)27(26-20-9-7-6-8-19(20)11-13-22(26)35-4)31-28(33)24(37-29(31)30-16)15-18-10-12-21(34-3)23(14-18)36-5/h6-15,27H,1-5H3/b24-15+/t27-/m1/s1. The number of benzene rings is 3. The van der Waals surface area contributed by atoms with Gasteiger partial charge in [-0.2, -0.15) is 0 Å². The molecule has 5 rings (SSSR count). The molecule has 0 aliphatic carbocycles. The average Bonchev–Trinajstić information content (AvgIpc) is 3.20. The van der Waals surface area contributed by atoms with E-state index in [2.05, 4.69) is 4.99 Å². The molecule has 1 atom stereocenters. The van der Waals surface area contributed by atoms with Gasteiger partial charge in [0.1, 0.15) is 5.75 Å². The predicted octanol–water partition coefficient (Wildman–Crippen LogP) is 4.00. The number of aromatic nitrogens is 1. The predicted molar refractivity (Wildman–Crippen MR) is 144 cm³/mol. The Kier molecular flexibility index (Phi) is 6.43. The summed E-state index contributed by atoms with van der Waals surface area (Å²) in [4.78, 5) is 32.1. The highest BCUT2D eigenvalue weighted by atomic mass is 32.1. The molecule has 0 bridgehead atoms. The Labute approximate surface area is 217 Å². The van der Waals surface area contributed by atoms with E-state index in [0.717, 1.165) is 21.9 Å². The lowest BCUT2D eigenvalue weighted by atomic mass is 9.89. The number of ether oxygens (including phenoxy) is 3. The zero-order valence-electron chi connectivity index (χ0n) is 21.2. The molecular formula is C29H26N2O5S. The van der Waals surface area contributed by atoms with Crippen molar-refractivity contribution in [1.82, 2.24) is 4.57 Å². The minimum atomic E-state index is -0.678. The molecule has 8 heteroatoms. The second-order valence-electron chi connectivity index (χ2n) is 8.66.